The van der Waals surface area contributed by atoms with Crippen LogP contribution in [-0.2, 0) is 4.79 Å². The number of nitrogens with one attached hydrogen (secondary N) is 1. The minimum Gasteiger partial charge on any atom is -0.494 e. The van der Waals surface area contributed by atoms with Crippen molar-refractivity contribution in [1.82, 2.24) is 5.32 Å². The van der Waals surface area contributed by atoms with Crippen LogP contribution < -0.4 is 14.8 Å². The zero-order valence-electron chi connectivity index (χ0n) is 16.8. The normalized spacial score (nSPS) is 16.3. The fourth-order valence-electron chi connectivity index (χ4n) is 3.16. The molecule has 0 saturated carbocycles. The maximum Gasteiger partial charge on any atom is 0.264 e. The summed E-state index contributed by atoms with van der Waals surface area (Å²) in [5.74, 6) is 1.39. The van der Waals surface area contributed by atoms with Crippen LogP contribution in [0.25, 0.3) is 16.8 Å². The second kappa shape index (κ2) is 9.05. The van der Waals surface area contributed by atoms with Crippen molar-refractivity contribution in [2.24, 2.45) is 4.99 Å². The molecule has 1 heterocycles. The number of nitrogens with zero attached hydrogens (tertiary/aromatic N) is 1. The smallest absolute Gasteiger partial charge is 0.264 e. The summed E-state index contributed by atoms with van der Waals surface area (Å²) >= 11 is 1.32. The van der Waals surface area contributed by atoms with Crippen LogP contribution in [0.4, 0.5) is 5.69 Å². The van der Waals surface area contributed by atoms with Crippen molar-refractivity contribution in [1.29, 1.82) is 0 Å². The summed E-state index contributed by atoms with van der Waals surface area (Å²) in [5, 5.41) is 5.48. The second-order valence-electron chi connectivity index (χ2n) is 6.58. The number of thioether (sulfide) groups is 1. The average molecular weight is 419 g/mol. The molecule has 3 aromatic rings. The molecule has 1 saturated heterocycles. The summed E-state index contributed by atoms with van der Waals surface area (Å²) in [5.41, 5.74) is 1.64. The van der Waals surface area contributed by atoms with E-state index in [0.29, 0.717) is 23.3 Å². The zero-order chi connectivity index (χ0) is 20.9. The lowest BCUT2D eigenvalue weighted by Crippen LogP contribution is -2.19. The standard InChI is InChI=1S/C24H22N2O3S/c1-3-28-20-11-10-16-14-21(29-4-2)18(12-17(16)13-20)15-22-23(27)26-24(30-22)25-19-8-6-5-7-9-19/h5-15H,3-4H2,1-2H3,(H,25,26,27)/b22-15-. The lowest BCUT2D eigenvalue weighted by molar-refractivity contribution is -0.115. The third kappa shape index (κ3) is 4.49. The lowest BCUT2D eigenvalue weighted by atomic mass is 10.0. The van der Waals surface area contributed by atoms with Gasteiger partial charge in [-0.05, 0) is 78.9 Å². The van der Waals surface area contributed by atoms with E-state index in [2.05, 4.69) is 10.3 Å². The molecule has 0 atom stereocenters. The Kier molecular flexibility index (Phi) is 6.05. The highest BCUT2D eigenvalue weighted by atomic mass is 32.2. The summed E-state index contributed by atoms with van der Waals surface area (Å²) in [6.07, 6.45) is 1.85. The van der Waals surface area contributed by atoms with Gasteiger partial charge in [-0.15, -0.1) is 0 Å². The molecule has 4 rings (SSSR count). The van der Waals surface area contributed by atoms with E-state index in [1.54, 1.807) is 0 Å². The van der Waals surface area contributed by atoms with Crippen molar-refractivity contribution in [2.75, 3.05) is 13.2 Å². The van der Waals surface area contributed by atoms with E-state index in [1.807, 2.05) is 80.6 Å². The summed E-state index contributed by atoms with van der Waals surface area (Å²) in [6, 6.07) is 19.5. The lowest BCUT2D eigenvalue weighted by Gasteiger charge is -2.11. The number of amidine groups is 1. The van der Waals surface area contributed by atoms with Crippen LogP contribution >= 0.6 is 11.8 Å². The molecule has 30 heavy (non-hydrogen) atoms. The number of carbonyl (C=O) groups is 1. The average Bonchev–Trinajstić information content (AvgIpc) is 3.08. The quantitative estimate of drug-likeness (QED) is 0.535. The van der Waals surface area contributed by atoms with Gasteiger partial charge in [-0.2, -0.15) is 0 Å². The Morgan fingerprint density at radius 3 is 2.53 bits per heavy atom. The van der Waals surface area contributed by atoms with E-state index in [4.69, 9.17) is 9.47 Å². The van der Waals surface area contributed by atoms with E-state index in [-0.39, 0.29) is 5.91 Å². The van der Waals surface area contributed by atoms with Crippen molar-refractivity contribution in [3.63, 3.8) is 0 Å². The van der Waals surface area contributed by atoms with Crippen molar-refractivity contribution >= 4 is 45.4 Å². The number of benzene rings is 3. The fraction of sp³-hybridized carbons (Fsp3) is 0.167. The highest BCUT2D eigenvalue weighted by Crippen LogP contribution is 2.34. The van der Waals surface area contributed by atoms with Crippen LogP contribution in [0.3, 0.4) is 0 Å². The Balaban J connectivity index is 1.70. The summed E-state index contributed by atoms with van der Waals surface area (Å²) in [4.78, 5) is 17.6. The molecular formula is C24H22N2O3S. The maximum absolute atomic E-state index is 12.5. The Morgan fingerprint density at radius 1 is 0.967 bits per heavy atom. The van der Waals surface area contributed by atoms with Crippen LogP contribution in [0.1, 0.15) is 19.4 Å². The van der Waals surface area contributed by atoms with E-state index in [1.165, 1.54) is 11.8 Å². The molecule has 0 aliphatic carbocycles. The number of rotatable bonds is 6. The highest BCUT2D eigenvalue weighted by molar-refractivity contribution is 8.18. The summed E-state index contributed by atoms with van der Waals surface area (Å²) < 4.78 is 11.5. The van der Waals surface area contributed by atoms with Crippen molar-refractivity contribution in [3.05, 3.63) is 71.1 Å². The van der Waals surface area contributed by atoms with Gasteiger partial charge in [0.05, 0.1) is 23.8 Å². The third-order valence-electron chi connectivity index (χ3n) is 4.48. The molecule has 0 unspecified atom stereocenters. The molecule has 1 amide bonds. The van der Waals surface area contributed by atoms with Gasteiger partial charge in [0, 0.05) is 5.56 Å². The predicted octanol–water partition coefficient (Wildman–Crippen LogP) is 5.53. The van der Waals surface area contributed by atoms with Crippen LogP contribution in [-0.4, -0.2) is 24.3 Å². The Morgan fingerprint density at radius 2 is 1.77 bits per heavy atom. The summed E-state index contributed by atoms with van der Waals surface area (Å²) in [7, 11) is 0. The number of amides is 1. The molecule has 3 aromatic carbocycles. The largest absolute Gasteiger partial charge is 0.494 e. The van der Waals surface area contributed by atoms with Gasteiger partial charge in [0.15, 0.2) is 5.17 Å². The SMILES string of the molecule is CCOc1ccc2cc(OCC)c(/C=C3\SC(=Nc4ccccc4)NC3=O)cc2c1. The minimum atomic E-state index is -0.166. The van der Waals surface area contributed by atoms with Crippen molar-refractivity contribution in [3.8, 4) is 11.5 Å². The number of fused-ring (bicyclic) bond motifs is 1. The van der Waals surface area contributed by atoms with E-state index in [9.17, 15) is 4.79 Å². The van der Waals surface area contributed by atoms with Gasteiger partial charge in [-0.1, -0.05) is 24.3 Å². The number of hydrogen-bond donors (Lipinski definition) is 1. The first kappa shape index (κ1) is 20.0. The molecule has 0 spiro atoms. The monoisotopic (exact) mass is 418 g/mol. The zero-order valence-corrected chi connectivity index (χ0v) is 17.7. The number of para-hydroxylation sites is 1. The third-order valence-corrected chi connectivity index (χ3v) is 5.39. The second-order valence-corrected chi connectivity index (χ2v) is 7.61. The molecule has 0 bridgehead atoms. The van der Waals surface area contributed by atoms with Crippen LogP contribution in [0.5, 0.6) is 11.5 Å². The molecule has 152 valence electrons. The molecule has 1 N–H and O–H groups in total. The van der Waals surface area contributed by atoms with Crippen LogP contribution in [0, 0.1) is 0 Å². The van der Waals surface area contributed by atoms with E-state index < -0.39 is 0 Å². The Hall–Kier alpha value is -3.25. The van der Waals surface area contributed by atoms with Crippen LogP contribution in [0.15, 0.2) is 70.6 Å². The van der Waals surface area contributed by atoms with Gasteiger partial charge in [-0.3, -0.25) is 4.79 Å². The molecule has 0 aromatic heterocycles. The molecule has 1 aliphatic heterocycles. The molecule has 6 heteroatoms. The first-order valence-electron chi connectivity index (χ1n) is 9.84. The topological polar surface area (TPSA) is 59.9 Å². The number of ether oxygens (including phenoxy) is 2. The number of aliphatic imine (C=N–C) groups is 1. The predicted molar refractivity (Wildman–Crippen MR) is 124 cm³/mol. The van der Waals surface area contributed by atoms with Gasteiger partial charge < -0.3 is 14.8 Å². The van der Waals surface area contributed by atoms with Crippen molar-refractivity contribution in [2.45, 2.75) is 13.8 Å². The van der Waals surface area contributed by atoms with Crippen LogP contribution in [0.2, 0.25) is 0 Å². The first-order valence-corrected chi connectivity index (χ1v) is 10.7. The molecule has 1 aliphatic rings. The molecule has 0 radical (unpaired) electrons. The van der Waals surface area contributed by atoms with Gasteiger partial charge in [0.1, 0.15) is 11.5 Å². The molecular weight excluding hydrogens is 396 g/mol. The first-order chi connectivity index (χ1) is 14.7. The minimum absolute atomic E-state index is 0.166. The Labute approximate surface area is 179 Å². The van der Waals surface area contributed by atoms with E-state index in [0.717, 1.165) is 33.5 Å². The maximum atomic E-state index is 12.5. The van der Waals surface area contributed by atoms with Crippen molar-refractivity contribution < 1.29 is 14.3 Å². The number of carbonyl (C=O) groups excluding carboxylic acids is 1. The molecule has 5 nitrogen and oxygen atoms in total. The number of hydrogen-bond acceptors (Lipinski definition) is 5. The van der Waals surface area contributed by atoms with Gasteiger partial charge in [0.2, 0.25) is 0 Å². The van der Waals surface area contributed by atoms with E-state index >= 15 is 0 Å². The van der Waals surface area contributed by atoms with Gasteiger partial charge in [-0.25, -0.2) is 4.99 Å². The summed E-state index contributed by atoms with van der Waals surface area (Å²) in [6.45, 7) is 5.06. The molecule has 1 fully saturated rings. The highest BCUT2D eigenvalue weighted by Gasteiger charge is 2.24. The Bertz CT molecular complexity index is 1140. The van der Waals surface area contributed by atoms with Gasteiger partial charge in [0.25, 0.3) is 5.91 Å². The van der Waals surface area contributed by atoms with Gasteiger partial charge >= 0.3 is 0 Å². The fourth-order valence-corrected chi connectivity index (χ4v) is 4.00.